The Morgan fingerprint density at radius 2 is 2.00 bits per heavy atom. The number of anilines is 1. The zero-order valence-corrected chi connectivity index (χ0v) is 15.0. The van der Waals surface area contributed by atoms with Gasteiger partial charge in [-0.15, -0.1) is 0 Å². The number of hydrogen-bond donors (Lipinski definition) is 1. The Balaban J connectivity index is 1.35. The Bertz CT molecular complexity index is 664. The fraction of sp³-hybridized carbons (Fsp3) is 0.550. The first kappa shape index (κ1) is 16.5. The second-order valence-electron chi connectivity index (χ2n) is 7.27. The predicted octanol–water partition coefficient (Wildman–Crippen LogP) is 3.27. The van der Waals surface area contributed by atoms with Crippen molar-refractivity contribution in [2.45, 2.75) is 37.6 Å². The second kappa shape index (κ2) is 7.48. The monoisotopic (exact) mass is 340 g/mol. The molecule has 2 saturated heterocycles. The molecule has 2 aromatic rings. The number of rotatable bonds is 4. The Kier molecular flexibility index (Phi) is 4.92. The molecule has 1 N–H and O–H groups in total. The van der Waals surface area contributed by atoms with Gasteiger partial charge in [-0.2, -0.15) is 5.10 Å². The normalized spacial score (nSPS) is 22.9. The van der Waals surface area contributed by atoms with Crippen molar-refractivity contribution in [1.82, 2.24) is 15.1 Å². The Labute approximate surface area is 150 Å². The molecule has 25 heavy (non-hydrogen) atoms. The maximum Gasteiger partial charge on any atom is 0.120 e. The van der Waals surface area contributed by atoms with Gasteiger partial charge in [0, 0.05) is 55.2 Å². The molecule has 1 aromatic carbocycles. The molecule has 0 aliphatic carbocycles. The number of aromatic nitrogens is 2. The average molecular weight is 340 g/mol. The summed E-state index contributed by atoms with van der Waals surface area (Å²) in [4.78, 5) is 5.22. The third-order valence-corrected chi connectivity index (χ3v) is 5.81. The molecule has 0 unspecified atom stereocenters. The third kappa shape index (κ3) is 3.66. The summed E-state index contributed by atoms with van der Waals surface area (Å²) >= 11 is 0. The van der Waals surface area contributed by atoms with E-state index in [2.05, 4.69) is 44.3 Å². The van der Waals surface area contributed by atoms with Gasteiger partial charge < -0.3 is 9.64 Å². The van der Waals surface area contributed by atoms with Gasteiger partial charge in [0.1, 0.15) is 5.75 Å². The van der Waals surface area contributed by atoms with Gasteiger partial charge >= 0.3 is 0 Å². The number of methoxy groups -OCH3 is 1. The summed E-state index contributed by atoms with van der Waals surface area (Å²) in [6, 6.07) is 11.3. The van der Waals surface area contributed by atoms with Crippen LogP contribution in [0.1, 0.15) is 37.3 Å². The van der Waals surface area contributed by atoms with E-state index in [9.17, 15) is 0 Å². The Morgan fingerprint density at radius 3 is 2.76 bits per heavy atom. The van der Waals surface area contributed by atoms with Crippen molar-refractivity contribution in [3.8, 4) is 5.75 Å². The van der Waals surface area contributed by atoms with Gasteiger partial charge in [-0.3, -0.25) is 10.00 Å². The van der Waals surface area contributed by atoms with Crippen molar-refractivity contribution in [1.29, 1.82) is 0 Å². The fourth-order valence-electron chi connectivity index (χ4n) is 4.38. The maximum absolute atomic E-state index is 5.37. The van der Waals surface area contributed by atoms with Crippen molar-refractivity contribution in [3.63, 3.8) is 0 Å². The van der Waals surface area contributed by atoms with Crippen LogP contribution in [-0.4, -0.2) is 54.4 Å². The molecule has 1 aromatic heterocycles. The lowest BCUT2D eigenvalue weighted by Crippen LogP contribution is -2.48. The molecule has 2 aliphatic rings. The largest absolute Gasteiger partial charge is 0.497 e. The molecule has 0 saturated carbocycles. The highest BCUT2D eigenvalue weighted by molar-refractivity contribution is 5.51. The standard InChI is InChI=1S/C20H28N4O/c1-25-19-6-2-5-18(14-19)23-12-8-17(9-13-23)24-11-3-4-16(15-24)20-7-10-21-22-20/h2,5-7,10,14,16-17H,3-4,8-9,11-13,15H2,1H3,(H,21,22)/t16-/m0/s1. The summed E-state index contributed by atoms with van der Waals surface area (Å²) < 4.78 is 5.37. The van der Waals surface area contributed by atoms with Gasteiger partial charge in [-0.1, -0.05) is 6.07 Å². The number of ether oxygens (including phenoxy) is 1. The van der Waals surface area contributed by atoms with Gasteiger partial charge in [-0.05, 0) is 50.4 Å². The van der Waals surface area contributed by atoms with E-state index in [1.165, 1.54) is 50.2 Å². The topological polar surface area (TPSA) is 44.4 Å². The summed E-state index contributed by atoms with van der Waals surface area (Å²) in [7, 11) is 1.73. The summed E-state index contributed by atoms with van der Waals surface area (Å²) in [6.07, 6.45) is 6.93. The average Bonchev–Trinajstić information content (AvgIpc) is 3.23. The molecule has 3 heterocycles. The quantitative estimate of drug-likeness (QED) is 0.928. The molecule has 5 heteroatoms. The molecule has 134 valence electrons. The van der Waals surface area contributed by atoms with Crippen LogP contribution in [0.4, 0.5) is 5.69 Å². The van der Waals surface area contributed by atoms with Crippen LogP contribution in [0.3, 0.4) is 0 Å². The van der Waals surface area contributed by atoms with Crippen LogP contribution in [0.25, 0.3) is 0 Å². The van der Waals surface area contributed by atoms with Crippen LogP contribution < -0.4 is 9.64 Å². The molecule has 0 amide bonds. The highest BCUT2D eigenvalue weighted by Crippen LogP contribution is 2.30. The highest BCUT2D eigenvalue weighted by atomic mass is 16.5. The Morgan fingerprint density at radius 1 is 1.12 bits per heavy atom. The number of aromatic amines is 1. The van der Waals surface area contributed by atoms with E-state index >= 15 is 0 Å². The van der Waals surface area contributed by atoms with Gasteiger partial charge in [0.25, 0.3) is 0 Å². The smallest absolute Gasteiger partial charge is 0.120 e. The molecule has 2 fully saturated rings. The summed E-state index contributed by atoms with van der Waals surface area (Å²) in [5.41, 5.74) is 2.59. The zero-order chi connectivity index (χ0) is 17.1. The zero-order valence-electron chi connectivity index (χ0n) is 15.0. The lowest BCUT2D eigenvalue weighted by Gasteiger charge is -2.42. The van der Waals surface area contributed by atoms with Crippen LogP contribution in [0, 0.1) is 0 Å². The predicted molar refractivity (Wildman–Crippen MR) is 100 cm³/mol. The minimum Gasteiger partial charge on any atom is -0.497 e. The van der Waals surface area contributed by atoms with Crippen molar-refractivity contribution in [3.05, 3.63) is 42.2 Å². The van der Waals surface area contributed by atoms with E-state index in [-0.39, 0.29) is 0 Å². The summed E-state index contributed by atoms with van der Waals surface area (Å²) in [6.45, 7) is 4.67. The lowest BCUT2D eigenvalue weighted by atomic mass is 9.92. The van der Waals surface area contributed by atoms with Gasteiger partial charge in [0.05, 0.1) is 7.11 Å². The van der Waals surface area contributed by atoms with E-state index < -0.39 is 0 Å². The number of nitrogens with zero attached hydrogens (tertiary/aromatic N) is 3. The third-order valence-electron chi connectivity index (χ3n) is 5.81. The maximum atomic E-state index is 5.37. The lowest BCUT2D eigenvalue weighted by molar-refractivity contribution is 0.127. The van der Waals surface area contributed by atoms with Crippen molar-refractivity contribution in [2.24, 2.45) is 0 Å². The first-order valence-electron chi connectivity index (χ1n) is 9.46. The van der Waals surface area contributed by atoms with Gasteiger partial charge in [0.15, 0.2) is 0 Å². The van der Waals surface area contributed by atoms with Crippen LogP contribution >= 0.6 is 0 Å². The second-order valence-corrected chi connectivity index (χ2v) is 7.27. The van der Waals surface area contributed by atoms with Crippen LogP contribution in [0.15, 0.2) is 36.5 Å². The summed E-state index contributed by atoms with van der Waals surface area (Å²) in [5, 5.41) is 7.31. The van der Waals surface area contributed by atoms with E-state index in [0.717, 1.165) is 18.8 Å². The van der Waals surface area contributed by atoms with Crippen LogP contribution in [0.5, 0.6) is 5.75 Å². The highest BCUT2D eigenvalue weighted by Gasteiger charge is 2.30. The minimum atomic E-state index is 0.618. The van der Waals surface area contributed by atoms with E-state index in [0.29, 0.717) is 12.0 Å². The molecular weight excluding hydrogens is 312 g/mol. The summed E-state index contributed by atoms with van der Waals surface area (Å²) in [5.74, 6) is 1.56. The molecule has 0 bridgehead atoms. The molecule has 2 aliphatic heterocycles. The van der Waals surface area contributed by atoms with Crippen molar-refractivity contribution >= 4 is 5.69 Å². The van der Waals surface area contributed by atoms with E-state index in [1.54, 1.807) is 7.11 Å². The first-order valence-corrected chi connectivity index (χ1v) is 9.46. The van der Waals surface area contributed by atoms with E-state index in [1.807, 2.05) is 12.3 Å². The minimum absolute atomic E-state index is 0.618. The number of piperidine rings is 2. The number of nitrogens with one attached hydrogen (secondary N) is 1. The molecule has 0 radical (unpaired) electrons. The van der Waals surface area contributed by atoms with Crippen molar-refractivity contribution < 1.29 is 4.74 Å². The number of likely N-dealkylation sites (tertiary alicyclic amines) is 1. The molecule has 5 nitrogen and oxygen atoms in total. The first-order chi connectivity index (χ1) is 12.3. The number of benzene rings is 1. The van der Waals surface area contributed by atoms with Gasteiger partial charge in [-0.25, -0.2) is 0 Å². The van der Waals surface area contributed by atoms with Crippen LogP contribution in [-0.2, 0) is 0 Å². The molecular formula is C20H28N4O. The molecule has 1 atom stereocenters. The number of H-pyrrole nitrogens is 1. The fourth-order valence-corrected chi connectivity index (χ4v) is 4.38. The van der Waals surface area contributed by atoms with E-state index in [4.69, 9.17) is 4.74 Å². The SMILES string of the molecule is COc1cccc(N2CCC(N3CCC[C@H](c4ccn[nH]4)C3)CC2)c1. The molecule has 0 spiro atoms. The van der Waals surface area contributed by atoms with Crippen molar-refractivity contribution in [2.75, 3.05) is 38.2 Å². The Hall–Kier alpha value is -2.01. The number of hydrogen-bond acceptors (Lipinski definition) is 4. The molecule has 4 rings (SSSR count). The van der Waals surface area contributed by atoms with Gasteiger partial charge in [0.2, 0.25) is 0 Å². The van der Waals surface area contributed by atoms with Crippen LogP contribution in [0.2, 0.25) is 0 Å².